The monoisotopic (exact) mass is 204 g/mol. The Balaban J connectivity index is 2.36. The number of hydrogen-bond acceptors (Lipinski definition) is 3. The van der Waals surface area contributed by atoms with Crippen LogP contribution in [-0.2, 0) is 6.42 Å². The molecule has 0 bridgehead atoms. The minimum Gasteiger partial charge on any atom is -0.469 e. The Bertz CT molecular complexity index is 477. The summed E-state index contributed by atoms with van der Waals surface area (Å²) in [5.74, 6) is 1.69. The molecular formula is C12H12O3. The van der Waals surface area contributed by atoms with E-state index in [9.17, 15) is 4.79 Å². The molecule has 0 saturated heterocycles. The summed E-state index contributed by atoms with van der Waals surface area (Å²) in [6, 6.07) is 5.14. The molecule has 0 aromatic carbocycles. The van der Waals surface area contributed by atoms with Gasteiger partial charge in [0.15, 0.2) is 5.76 Å². The van der Waals surface area contributed by atoms with Crippen LogP contribution in [0.2, 0.25) is 0 Å². The van der Waals surface area contributed by atoms with Crippen LogP contribution in [0.25, 0.3) is 0 Å². The second-order valence-electron chi connectivity index (χ2n) is 3.35. The zero-order valence-corrected chi connectivity index (χ0v) is 8.74. The molecule has 0 unspecified atom stereocenters. The molecule has 0 spiro atoms. The molecule has 15 heavy (non-hydrogen) atoms. The van der Waals surface area contributed by atoms with E-state index in [1.165, 1.54) is 6.26 Å². The van der Waals surface area contributed by atoms with E-state index in [-0.39, 0.29) is 5.78 Å². The van der Waals surface area contributed by atoms with Crippen molar-refractivity contribution < 1.29 is 13.6 Å². The van der Waals surface area contributed by atoms with Gasteiger partial charge in [-0.1, -0.05) is 6.92 Å². The summed E-state index contributed by atoms with van der Waals surface area (Å²) in [6.07, 6.45) is 2.23. The van der Waals surface area contributed by atoms with Gasteiger partial charge in [-0.3, -0.25) is 4.79 Å². The number of aryl methyl sites for hydroxylation is 2. The van der Waals surface area contributed by atoms with Crippen molar-refractivity contribution in [1.29, 1.82) is 0 Å². The van der Waals surface area contributed by atoms with Crippen LogP contribution < -0.4 is 0 Å². The molecule has 2 heterocycles. The molecule has 0 aliphatic heterocycles. The van der Waals surface area contributed by atoms with E-state index in [2.05, 4.69) is 0 Å². The van der Waals surface area contributed by atoms with Gasteiger partial charge in [0, 0.05) is 6.42 Å². The van der Waals surface area contributed by atoms with E-state index in [1.807, 2.05) is 13.8 Å². The Morgan fingerprint density at radius 1 is 1.33 bits per heavy atom. The highest BCUT2D eigenvalue weighted by molar-refractivity contribution is 6.07. The van der Waals surface area contributed by atoms with E-state index >= 15 is 0 Å². The maximum Gasteiger partial charge on any atom is 0.231 e. The fourth-order valence-electron chi connectivity index (χ4n) is 1.51. The topological polar surface area (TPSA) is 43.4 Å². The number of hydrogen-bond donors (Lipinski definition) is 0. The van der Waals surface area contributed by atoms with Gasteiger partial charge >= 0.3 is 0 Å². The summed E-state index contributed by atoms with van der Waals surface area (Å²) in [7, 11) is 0. The van der Waals surface area contributed by atoms with Crippen LogP contribution in [0.3, 0.4) is 0 Å². The predicted octanol–water partition coefficient (Wildman–Crippen LogP) is 2.97. The largest absolute Gasteiger partial charge is 0.469 e. The highest BCUT2D eigenvalue weighted by atomic mass is 16.3. The third kappa shape index (κ3) is 1.73. The molecule has 0 fully saturated rings. The molecule has 0 amide bonds. The zero-order chi connectivity index (χ0) is 10.8. The molecule has 0 aliphatic carbocycles. The molecule has 0 radical (unpaired) electrons. The fraction of sp³-hybridized carbons (Fsp3) is 0.250. The number of ketones is 1. The van der Waals surface area contributed by atoms with Gasteiger partial charge < -0.3 is 8.83 Å². The Hall–Kier alpha value is -1.77. The third-order valence-electron chi connectivity index (χ3n) is 2.28. The SMILES string of the molecule is CCc1occc1C(=O)c1ccc(C)o1. The number of carbonyl (C=O) groups is 1. The zero-order valence-electron chi connectivity index (χ0n) is 8.74. The quantitative estimate of drug-likeness (QED) is 0.722. The van der Waals surface area contributed by atoms with Crippen LogP contribution in [-0.4, -0.2) is 5.78 Å². The normalized spacial score (nSPS) is 10.5. The van der Waals surface area contributed by atoms with Crippen LogP contribution >= 0.6 is 0 Å². The van der Waals surface area contributed by atoms with Gasteiger partial charge in [0.2, 0.25) is 5.78 Å². The summed E-state index contributed by atoms with van der Waals surface area (Å²) in [5.41, 5.74) is 0.590. The fourth-order valence-corrected chi connectivity index (χ4v) is 1.51. The van der Waals surface area contributed by atoms with E-state index in [1.54, 1.807) is 18.2 Å². The second kappa shape index (κ2) is 3.77. The number of carbonyl (C=O) groups excluding carboxylic acids is 1. The Morgan fingerprint density at radius 2 is 2.13 bits per heavy atom. The maximum absolute atomic E-state index is 11.9. The van der Waals surface area contributed by atoms with Gasteiger partial charge in [0.25, 0.3) is 0 Å². The summed E-state index contributed by atoms with van der Waals surface area (Å²) >= 11 is 0. The van der Waals surface area contributed by atoms with Crippen LogP contribution in [0.5, 0.6) is 0 Å². The Labute approximate surface area is 87.7 Å². The average molecular weight is 204 g/mol. The minimum atomic E-state index is -0.117. The van der Waals surface area contributed by atoms with Crippen LogP contribution in [0.4, 0.5) is 0 Å². The van der Waals surface area contributed by atoms with Gasteiger partial charge in [-0.25, -0.2) is 0 Å². The first-order valence-electron chi connectivity index (χ1n) is 4.90. The molecule has 0 aliphatic rings. The highest BCUT2D eigenvalue weighted by Gasteiger charge is 2.17. The van der Waals surface area contributed by atoms with Gasteiger partial charge in [0.05, 0.1) is 11.8 Å². The van der Waals surface area contributed by atoms with Crippen molar-refractivity contribution in [2.75, 3.05) is 0 Å². The summed E-state index contributed by atoms with van der Waals surface area (Å²) in [4.78, 5) is 11.9. The first-order valence-corrected chi connectivity index (χ1v) is 4.90. The van der Waals surface area contributed by atoms with Crippen molar-refractivity contribution in [2.24, 2.45) is 0 Å². The molecule has 0 N–H and O–H groups in total. The van der Waals surface area contributed by atoms with Crippen molar-refractivity contribution in [3.63, 3.8) is 0 Å². The van der Waals surface area contributed by atoms with E-state index in [0.29, 0.717) is 23.5 Å². The van der Waals surface area contributed by atoms with E-state index in [0.717, 1.165) is 5.76 Å². The molecule has 2 aromatic rings. The summed E-state index contributed by atoms with van der Waals surface area (Å²) < 4.78 is 10.5. The van der Waals surface area contributed by atoms with Gasteiger partial charge in [-0.05, 0) is 25.1 Å². The van der Waals surface area contributed by atoms with Gasteiger partial charge in [0.1, 0.15) is 11.5 Å². The van der Waals surface area contributed by atoms with Crippen molar-refractivity contribution in [1.82, 2.24) is 0 Å². The maximum atomic E-state index is 11.9. The molecular weight excluding hydrogens is 192 g/mol. The molecule has 0 saturated carbocycles. The highest BCUT2D eigenvalue weighted by Crippen LogP contribution is 2.17. The standard InChI is InChI=1S/C12H12O3/c1-3-10-9(6-7-14-10)12(13)11-5-4-8(2)15-11/h4-7H,3H2,1-2H3. The van der Waals surface area contributed by atoms with Gasteiger partial charge in [-0.2, -0.15) is 0 Å². The smallest absolute Gasteiger partial charge is 0.231 e. The Kier molecular flexibility index (Phi) is 2.46. The van der Waals surface area contributed by atoms with Crippen molar-refractivity contribution >= 4 is 5.78 Å². The lowest BCUT2D eigenvalue weighted by Gasteiger charge is -1.96. The molecule has 78 valence electrons. The lowest BCUT2D eigenvalue weighted by Crippen LogP contribution is -2.00. The van der Waals surface area contributed by atoms with E-state index in [4.69, 9.17) is 8.83 Å². The van der Waals surface area contributed by atoms with E-state index < -0.39 is 0 Å². The van der Waals surface area contributed by atoms with Crippen molar-refractivity contribution in [3.05, 3.63) is 47.3 Å². The first kappa shape index (κ1) is 9.77. The number of furan rings is 2. The molecule has 3 nitrogen and oxygen atoms in total. The molecule has 2 aromatic heterocycles. The lowest BCUT2D eigenvalue weighted by molar-refractivity contribution is 0.101. The van der Waals surface area contributed by atoms with Crippen LogP contribution in [0, 0.1) is 6.92 Å². The second-order valence-corrected chi connectivity index (χ2v) is 3.35. The third-order valence-corrected chi connectivity index (χ3v) is 2.28. The van der Waals surface area contributed by atoms with Crippen molar-refractivity contribution in [3.8, 4) is 0 Å². The molecule has 3 heteroatoms. The molecule has 2 rings (SSSR count). The average Bonchev–Trinajstić information content (AvgIpc) is 2.84. The van der Waals surface area contributed by atoms with Gasteiger partial charge in [-0.15, -0.1) is 0 Å². The lowest BCUT2D eigenvalue weighted by atomic mass is 10.1. The summed E-state index contributed by atoms with van der Waals surface area (Å²) in [6.45, 7) is 3.76. The predicted molar refractivity (Wildman–Crippen MR) is 55.0 cm³/mol. The minimum absolute atomic E-state index is 0.117. The summed E-state index contributed by atoms with van der Waals surface area (Å²) in [5, 5.41) is 0. The molecule has 0 atom stereocenters. The first-order chi connectivity index (χ1) is 7.22. The number of rotatable bonds is 3. The van der Waals surface area contributed by atoms with Crippen LogP contribution in [0.15, 0.2) is 33.3 Å². The van der Waals surface area contributed by atoms with Crippen LogP contribution in [0.1, 0.15) is 34.6 Å². The Morgan fingerprint density at radius 3 is 2.73 bits per heavy atom. The van der Waals surface area contributed by atoms with Crippen molar-refractivity contribution in [2.45, 2.75) is 20.3 Å².